The lowest BCUT2D eigenvalue weighted by Gasteiger charge is -2.13. The van der Waals surface area contributed by atoms with Crippen LogP contribution in [0.1, 0.15) is 33.9 Å². The molecule has 15 heteroatoms. The zero-order chi connectivity index (χ0) is 42.5. The highest BCUT2D eigenvalue weighted by Gasteiger charge is 2.30. The number of benzene rings is 4. The summed E-state index contributed by atoms with van der Waals surface area (Å²) in [7, 11) is 0. The molecule has 0 radical (unpaired) electrons. The van der Waals surface area contributed by atoms with Crippen LogP contribution < -0.4 is 4.74 Å². The van der Waals surface area contributed by atoms with Crippen LogP contribution in [0.25, 0.3) is 68.6 Å². The number of thioether (sulfide) groups is 1. The third-order valence-corrected chi connectivity index (χ3v) is 11.0. The van der Waals surface area contributed by atoms with Gasteiger partial charge in [0.2, 0.25) is 5.82 Å². The van der Waals surface area contributed by atoms with Crippen LogP contribution in [0.15, 0.2) is 95.9 Å². The lowest BCUT2D eigenvalue weighted by Crippen LogP contribution is -2.09. The Morgan fingerprint density at radius 2 is 1.02 bits per heavy atom. The topological polar surface area (TPSA) is 66.6 Å². The number of nitrogens with zero attached hydrogens (tertiary/aromatic N) is 2. The Morgan fingerprint density at radius 1 is 0.492 bits per heavy atom. The Hall–Kier alpha value is -7.00. The number of fused-ring (bicyclic) bond motifs is 8. The third-order valence-electron chi connectivity index (χ3n) is 9.92. The minimum atomic E-state index is -2.27. The lowest BCUT2D eigenvalue weighted by molar-refractivity contribution is 0.279. The van der Waals surface area contributed by atoms with Crippen LogP contribution >= 0.6 is 11.8 Å². The number of ether oxygens (including phenoxy) is 1. The largest absolute Gasteiger partial charge is 0.489 e. The number of aromatic nitrogens is 4. The minimum Gasteiger partial charge on any atom is -0.489 e. The van der Waals surface area contributed by atoms with Gasteiger partial charge < -0.3 is 14.7 Å². The Labute approximate surface area is 343 Å². The van der Waals surface area contributed by atoms with Gasteiger partial charge in [0.15, 0.2) is 46.5 Å². The molecule has 5 nitrogen and oxygen atoms in total. The predicted octanol–water partition coefficient (Wildman–Crippen LogP) is 13.1. The number of hydrogen-bond donors (Lipinski definition) is 2. The molecule has 3 aromatic heterocycles. The fourth-order valence-corrected chi connectivity index (χ4v) is 7.91. The first kappa shape index (κ1) is 39.5. The van der Waals surface area contributed by atoms with Crippen molar-refractivity contribution in [1.82, 2.24) is 19.9 Å². The molecule has 0 amide bonds. The first-order chi connectivity index (χ1) is 29.4. The maximum atomic E-state index is 16.1. The fraction of sp³-hybridized carbons (Fsp3) is 0.0435. The van der Waals surface area contributed by atoms with Crippen molar-refractivity contribution in [2.45, 2.75) is 17.3 Å². The summed E-state index contributed by atoms with van der Waals surface area (Å²) in [5, 5.41) is 0. The molecule has 0 fully saturated rings. The number of rotatable bonds is 8. The zero-order valence-corrected chi connectivity index (χ0v) is 31.8. The quantitative estimate of drug-likeness (QED) is 0.0692. The van der Waals surface area contributed by atoms with Gasteiger partial charge in [0.1, 0.15) is 12.4 Å². The van der Waals surface area contributed by atoms with E-state index in [0.29, 0.717) is 62.1 Å². The molecule has 7 aromatic rings. The van der Waals surface area contributed by atoms with Crippen LogP contribution in [0.2, 0.25) is 0 Å². The molecule has 5 heterocycles. The van der Waals surface area contributed by atoms with E-state index in [0.717, 1.165) is 0 Å². The molecule has 2 aliphatic heterocycles. The smallest absolute Gasteiger partial charge is 0.200 e. The van der Waals surface area contributed by atoms with Gasteiger partial charge in [-0.05, 0) is 84.0 Å². The van der Waals surface area contributed by atoms with Crippen molar-refractivity contribution in [3.63, 3.8) is 0 Å². The standard InChI is InChI=1S/C46H25F9N4OS/c47-37-29(38(48)42(52)43(53)41(37)51)20-60-28-12-6-23(7-13-28)34-30-14-8-24(56-30)18-26-10-16-32(58-26)35(33-17-11-27(59-33)19-25-9-15-31(34)57-25)36-39(49)44(54)46(45(55)40(36)50)61-21-22-4-2-1-3-5-22/h1-19,56,59H,20-21H2. The van der Waals surface area contributed by atoms with E-state index in [1.807, 2.05) is 0 Å². The Kier molecular flexibility index (Phi) is 10.3. The predicted molar refractivity (Wildman–Crippen MR) is 216 cm³/mol. The second kappa shape index (κ2) is 15.9. The summed E-state index contributed by atoms with van der Waals surface area (Å²) < 4.78 is 139. The molecular weight excluding hydrogens is 828 g/mol. The number of hydrogen-bond acceptors (Lipinski definition) is 4. The second-order valence-electron chi connectivity index (χ2n) is 13.8. The Morgan fingerprint density at radius 3 is 1.59 bits per heavy atom. The van der Waals surface area contributed by atoms with Crippen molar-refractivity contribution in [3.05, 3.63) is 177 Å². The van der Waals surface area contributed by atoms with Crippen molar-refractivity contribution in [3.8, 4) is 28.0 Å². The highest BCUT2D eigenvalue weighted by atomic mass is 32.2. The minimum absolute atomic E-state index is 0.0308. The Balaban J connectivity index is 1.13. The molecule has 0 spiro atoms. The van der Waals surface area contributed by atoms with Crippen molar-refractivity contribution in [1.29, 1.82) is 0 Å². The monoisotopic (exact) mass is 852 g/mol. The van der Waals surface area contributed by atoms with Gasteiger partial charge in [-0.1, -0.05) is 42.5 Å². The van der Waals surface area contributed by atoms with Gasteiger partial charge in [0.05, 0.1) is 38.8 Å². The molecule has 0 saturated carbocycles. The average Bonchev–Trinajstić information content (AvgIpc) is 4.11. The molecule has 0 saturated heterocycles. The molecule has 2 N–H and O–H groups in total. The molecule has 61 heavy (non-hydrogen) atoms. The Bertz CT molecular complexity index is 3090. The van der Waals surface area contributed by atoms with E-state index in [-0.39, 0.29) is 28.3 Å². The maximum Gasteiger partial charge on any atom is 0.200 e. The molecule has 304 valence electrons. The fourth-order valence-electron chi connectivity index (χ4n) is 6.98. The maximum absolute atomic E-state index is 16.1. The van der Waals surface area contributed by atoms with Crippen LogP contribution in [0, 0.1) is 52.4 Å². The van der Waals surface area contributed by atoms with Crippen LogP contribution in [0.3, 0.4) is 0 Å². The second-order valence-corrected chi connectivity index (χ2v) is 14.8. The van der Waals surface area contributed by atoms with Gasteiger partial charge >= 0.3 is 0 Å². The van der Waals surface area contributed by atoms with Crippen molar-refractivity contribution in [2.75, 3.05) is 0 Å². The SMILES string of the molecule is Fc1c(F)c(F)c(COc2ccc(-c3c4nc(cc5ccc([nH]5)c(-c5c(F)c(F)c(SCc6ccccc6)c(F)c5F)c5nc(cc6ccc3[nH]6)C=C5)C=C4)cc2)c(F)c1F. The summed E-state index contributed by atoms with van der Waals surface area (Å²) in [6.07, 6.45) is 6.53. The molecule has 2 aliphatic rings. The number of aromatic amines is 2. The van der Waals surface area contributed by atoms with Gasteiger partial charge in [0, 0.05) is 38.9 Å². The molecular formula is C46H25F9N4OS. The highest BCUT2D eigenvalue weighted by molar-refractivity contribution is 7.98. The molecule has 9 rings (SSSR count). The number of H-pyrrole nitrogens is 2. The van der Waals surface area contributed by atoms with Gasteiger partial charge in [-0.3, -0.25) is 0 Å². The van der Waals surface area contributed by atoms with Crippen LogP contribution in [-0.4, -0.2) is 19.9 Å². The van der Waals surface area contributed by atoms with E-state index >= 15 is 17.6 Å². The van der Waals surface area contributed by atoms with Crippen molar-refractivity contribution >= 4 is 58.1 Å². The normalized spacial score (nSPS) is 12.1. The van der Waals surface area contributed by atoms with E-state index < -0.39 is 75.0 Å². The molecule has 0 atom stereocenters. The van der Waals surface area contributed by atoms with Gasteiger partial charge in [-0.15, -0.1) is 11.8 Å². The highest BCUT2D eigenvalue weighted by Crippen LogP contribution is 2.41. The summed E-state index contributed by atoms with van der Waals surface area (Å²) in [6, 6.07) is 24.8. The van der Waals surface area contributed by atoms with Crippen molar-refractivity contribution < 1.29 is 44.3 Å². The van der Waals surface area contributed by atoms with Crippen LogP contribution in [-0.2, 0) is 12.4 Å². The van der Waals surface area contributed by atoms with Gasteiger partial charge in [0.25, 0.3) is 0 Å². The summed E-state index contributed by atoms with van der Waals surface area (Å²) in [4.78, 5) is 15.0. The van der Waals surface area contributed by atoms with E-state index in [1.165, 1.54) is 24.3 Å². The van der Waals surface area contributed by atoms with Crippen molar-refractivity contribution in [2.24, 2.45) is 0 Å². The van der Waals surface area contributed by atoms with E-state index in [1.54, 1.807) is 91.0 Å². The first-order valence-electron chi connectivity index (χ1n) is 18.3. The zero-order valence-electron chi connectivity index (χ0n) is 31.0. The first-order valence-corrected chi connectivity index (χ1v) is 19.3. The molecule has 0 aliphatic carbocycles. The van der Waals surface area contributed by atoms with Crippen LogP contribution in [0.4, 0.5) is 39.5 Å². The molecule has 4 aromatic carbocycles. The number of nitrogens with one attached hydrogen (secondary N) is 2. The summed E-state index contributed by atoms with van der Waals surface area (Å²) in [5.74, 6) is -16.5. The summed E-state index contributed by atoms with van der Waals surface area (Å²) in [6.45, 7) is -0.934. The number of halogens is 9. The van der Waals surface area contributed by atoms with E-state index in [4.69, 9.17) is 9.72 Å². The molecule has 8 bridgehead atoms. The third kappa shape index (κ3) is 7.34. The van der Waals surface area contributed by atoms with E-state index in [2.05, 4.69) is 15.0 Å². The van der Waals surface area contributed by atoms with Gasteiger partial charge in [-0.25, -0.2) is 49.5 Å². The summed E-state index contributed by atoms with van der Waals surface area (Å²) in [5.41, 5.74) is 2.66. The summed E-state index contributed by atoms with van der Waals surface area (Å²) >= 11 is 0.644. The van der Waals surface area contributed by atoms with Gasteiger partial charge in [-0.2, -0.15) is 0 Å². The van der Waals surface area contributed by atoms with E-state index in [9.17, 15) is 22.0 Å². The molecule has 0 unspecified atom stereocenters. The average molecular weight is 853 g/mol. The lowest BCUT2D eigenvalue weighted by atomic mass is 10.0. The van der Waals surface area contributed by atoms with Crippen LogP contribution in [0.5, 0.6) is 5.75 Å².